The minimum Gasteiger partial charge on any atom is -0.355 e. The predicted octanol–water partition coefficient (Wildman–Crippen LogP) is 2.61. The zero-order valence-corrected chi connectivity index (χ0v) is 11.4. The summed E-state index contributed by atoms with van der Waals surface area (Å²) in [5.41, 5.74) is 0.812. The molecule has 2 N–H and O–H groups in total. The number of amides is 1. The number of carbonyl (C=O) groups is 1. The van der Waals surface area contributed by atoms with Crippen LogP contribution < -0.4 is 10.6 Å². The van der Waals surface area contributed by atoms with Crippen LogP contribution >= 0.6 is 23.2 Å². The van der Waals surface area contributed by atoms with Crippen LogP contribution in [0.25, 0.3) is 0 Å². The molecule has 0 saturated heterocycles. The molecule has 1 amide bonds. The van der Waals surface area contributed by atoms with Gasteiger partial charge in [-0.3, -0.25) is 4.79 Å². The van der Waals surface area contributed by atoms with Crippen LogP contribution in [0.4, 0.5) is 0 Å². The molecule has 0 spiro atoms. The number of carbonyl (C=O) groups excluding carboxylic acids is 1. The fourth-order valence-electron chi connectivity index (χ4n) is 1.38. The molecule has 1 aromatic rings. The SMILES string of the molecule is CCNC(=O)C(C)NCc1c(Cl)cccc1Cl. The molecular formula is C12H16Cl2N2O. The lowest BCUT2D eigenvalue weighted by Crippen LogP contribution is -2.41. The van der Waals surface area contributed by atoms with Gasteiger partial charge in [0.05, 0.1) is 6.04 Å². The third-order valence-corrected chi connectivity index (χ3v) is 3.10. The maximum absolute atomic E-state index is 11.5. The molecule has 1 atom stereocenters. The van der Waals surface area contributed by atoms with Gasteiger partial charge in [-0.2, -0.15) is 0 Å². The average Bonchev–Trinajstić information content (AvgIpc) is 2.28. The molecule has 17 heavy (non-hydrogen) atoms. The molecule has 5 heteroatoms. The van der Waals surface area contributed by atoms with Crippen molar-refractivity contribution in [3.05, 3.63) is 33.8 Å². The summed E-state index contributed by atoms with van der Waals surface area (Å²) in [6.45, 7) is 4.78. The van der Waals surface area contributed by atoms with Gasteiger partial charge in [0.15, 0.2) is 0 Å². The van der Waals surface area contributed by atoms with Crippen LogP contribution in [0.2, 0.25) is 10.0 Å². The molecule has 0 aliphatic carbocycles. The maximum Gasteiger partial charge on any atom is 0.236 e. The Labute approximate surface area is 111 Å². The van der Waals surface area contributed by atoms with E-state index in [1.807, 2.05) is 6.92 Å². The summed E-state index contributed by atoms with van der Waals surface area (Å²) in [5.74, 6) is -0.0318. The van der Waals surface area contributed by atoms with E-state index in [4.69, 9.17) is 23.2 Å². The van der Waals surface area contributed by atoms with Gasteiger partial charge in [-0.05, 0) is 26.0 Å². The van der Waals surface area contributed by atoms with Crippen LogP contribution in [0, 0.1) is 0 Å². The molecule has 1 unspecified atom stereocenters. The van der Waals surface area contributed by atoms with Crippen molar-refractivity contribution in [3.8, 4) is 0 Å². The highest BCUT2D eigenvalue weighted by Gasteiger charge is 2.12. The Morgan fingerprint density at radius 1 is 1.35 bits per heavy atom. The zero-order chi connectivity index (χ0) is 12.8. The third-order valence-electron chi connectivity index (χ3n) is 2.39. The molecular weight excluding hydrogens is 259 g/mol. The molecule has 1 rings (SSSR count). The van der Waals surface area contributed by atoms with Crippen LogP contribution in [0.15, 0.2) is 18.2 Å². The van der Waals surface area contributed by atoms with Crippen molar-refractivity contribution < 1.29 is 4.79 Å². The van der Waals surface area contributed by atoms with E-state index in [2.05, 4.69) is 10.6 Å². The average molecular weight is 275 g/mol. The third kappa shape index (κ3) is 4.19. The first-order valence-electron chi connectivity index (χ1n) is 5.50. The van der Waals surface area contributed by atoms with Crippen molar-refractivity contribution in [2.75, 3.05) is 6.54 Å². The Morgan fingerprint density at radius 3 is 2.47 bits per heavy atom. The lowest BCUT2D eigenvalue weighted by molar-refractivity contribution is -0.122. The second-order valence-electron chi connectivity index (χ2n) is 3.70. The second-order valence-corrected chi connectivity index (χ2v) is 4.51. The van der Waals surface area contributed by atoms with Crippen LogP contribution in [0.3, 0.4) is 0 Å². The molecule has 0 aliphatic heterocycles. The Balaban J connectivity index is 2.58. The maximum atomic E-state index is 11.5. The van der Waals surface area contributed by atoms with Gasteiger partial charge >= 0.3 is 0 Å². The molecule has 0 radical (unpaired) electrons. The van der Waals surface area contributed by atoms with Crippen molar-refractivity contribution in [1.29, 1.82) is 0 Å². The molecule has 0 heterocycles. The summed E-state index contributed by atoms with van der Waals surface area (Å²) in [7, 11) is 0. The van der Waals surface area contributed by atoms with E-state index in [0.29, 0.717) is 23.1 Å². The molecule has 3 nitrogen and oxygen atoms in total. The Kier molecular flexibility index (Phi) is 5.75. The molecule has 0 aromatic heterocycles. The van der Waals surface area contributed by atoms with E-state index in [1.165, 1.54) is 0 Å². The van der Waals surface area contributed by atoms with Crippen molar-refractivity contribution in [2.24, 2.45) is 0 Å². The number of hydrogen-bond acceptors (Lipinski definition) is 2. The van der Waals surface area contributed by atoms with Crippen molar-refractivity contribution in [1.82, 2.24) is 10.6 Å². The van der Waals surface area contributed by atoms with Gasteiger partial charge in [-0.15, -0.1) is 0 Å². The number of benzene rings is 1. The highest BCUT2D eigenvalue weighted by molar-refractivity contribution is 6.35. The molecule has 1 aromatic carbocycles. The zero-order valence-electron chi connectivity index (χ0n) is 9.89. The van der Waals surface area contributed by atoms with Crippen LogP contribution in [-0.4, -0.2) is 18.5 Å². The molecule has 0 saturated carbocycles. The largest absolute Gasteiger partial charge is 0.355 e. The standard InChI is InChI=1S/C12H16Cl2N2O/c1-3-15-12(17)8(2)16-7-9-10(13)5-4-6-11(9)14/h4-6,8,16H,3,7H2,1-2H3,(H,15,17). The molecule has 94 valence electrons. The first-order chi connectivity index (χ1) is 8.06. The monoisotopic (exact) mass is 274 g/mol. The van der Waals surface area contributed by atoms with E-state index < -0.39 is 0 Å². The van der Waals surface area contributed by atoms with E-state index >= 15 is 0 Å². The second kappa shape index (κ2) is 6.84. The minimum absolute atomic E-state index is 0.0318. The topological polar surface area (TPSA) is 41.1 Å². The highest BCUT2D eigenvalue weighted by Crippen LogP contribution is 2.23. The Morgan fingerprint density at radius 2 is 1.94 bits per heavy atom. The first kappa shape index (κ1) is 14.3. The van der Waals surface area contributed by atoms with E-state index in [1.54, 1.807) is 25.1 Å². The predicted molar refractivity (Wildman–Crippen MR) is 71.4 cm³/mol. The van der Waals surface area contributed by atoms with E-state index in [0.717, 1.165) is 5.56 Å². The number of nitrogens with one attached hydrogen (secondary N) is 2. The summed E-state index contributed by atoms with van der Waals surface area (Å²) >= 11 is 12.1. The van der Waals surface area contributed by atoms with Gasteiger partial charge in [0.1, 0.15) is 0 Å². The van der Waals surface area contributed by atoms with Crippen molar-refractivity contribution >= 4 is 29.1 Å². The molecule has 0 bridgehead atoms. The number of rotatable bonds is 5. The van der Waals surface area contributed by atoms with Crippen LogP contribution in [-0.2, 0) is 11.3 Å². The van der Waals surface area contributed by atoms with E-state index in [9.17, 15) is 4.79 Å². The smallest absolute Gasteiger partial charge is 0.236 e. The summed E-state index contributed by atoms with van der Waals surface area (Å²) in [6, 6.07) is 5.08. The van der Waals surface area contributed by atoms with Crippen LogP contribution in [0.5, 0.6) is 0 Å². The van der Waals surface area contributed by atoms with E-state index in [-0.39, 0.29) is 11.9 Å². The summed E-state index contributed by atoms with van der Waals surface area (Å²) < 4.78 is 0. The van der Waals surface area contributed by atoms with Crippen molar-refractivity contribution in [3.63, 3.8) is 0 Å². The van der Waals surface area contributed by atoms with Gasteiger partial charge in [-0.1, -0.05) is 29.3 Å². The van der Waals surface area contributed by atoms with Gasteiger partial charge in [0.2, 0.25) is 5.91 Å². The fourth-order valence-corrected chi connectivity index (χ4v) is 1.91. The summed E-state index contributed by atoms with van der Waals surface area (Å²) in [4.78, 5) is 11.5. The van der Waals surface area contributed by atoms with Crippen LogP contribution in [0.1, 0.15) is 19.4 Å². The first-order valence-corrected chi connectivity index (χ1v) is 6.25. The number of halogens is 2. The van der Waals surface area contributed by atoms with Gasteiger partial charge in [-0.25, -0.2) is 0 Å². The summed E-state index contributed by atoms with van der Waals surface area (Å²) in [5, 5.41) is 7.04. The quantitative estimate of drug-likeness (QED) is 0.867. The van der Waals surface area contributed by atoms with Gasteiger partial charge in [0, 0.05) is 28.7 Å². The molecule has 0 aliphatic rings. The molecule has 0 fully saturated rings. The highest BCUT2D eigenvalue weighted by atomic mass is 35.5. The fraction of sp³-hybridized carbons (Fsp3) is 0.417. The van der Waals surface area contributed by atoms with Gasteiger partial charge in [0.25, 0.3) is 0 Å². The number of likely N-dealkylation sites (N-methyl/N-ethyl adjacent to an activating group) is 1. The lowest BCUT2D eigenvalue weighted by Gasteiger charge is -2.14. The summed E-state index contributed by atoms with van der Waals surface area (Å²) in [6.07, 6.45) is 0. The van der Waals surface area contributed by atoms with Gasteiger partial charge < -0.3 is 10.6 Å². The Bertz CT molecular complexity index is 376. The number of hydrogen-bond donors (Lipinski definition) is 2. The Hall–Kier alpha value is -0.770. The van der Waals surface area contributed by atoms with Crippen molar-refractivity contribution in [2.45, 2.75) is 26.4 Å². The lowest BCUT2D eigenvalue weighted by atomic mass is 10.2. The normalized spacial score (nSPS) is 12.2. The minimum atomic E-state index is -0.276.